The van der Waals surface area contributed by atoms with E-state index >= 15 is 0 Å². The Morgan fingerprint density at radius 1 is 0.296 bits per heavy atom. The van der Waals surface area contributed by atoms with Crippen molar-refractivity contribution in [3.05, 3.63) is 0 Å². The van der Waals surface area contributed by atoms with Gasteiger partial charge < -0.3 is 67.8 Å². The van der Waals surface area contributed by atoms with E-state index in [4.69, 9.17) is 23.7 Å². The summed E-state index contributed by atoms with van der Waals surface area (Å²) in [6, 6.07) is 0. The first-order valence-corrected chi connectivity index (χ1v) is 40.5. The molecule has 20 saturated carbocycles. The fourth-order valence-corrected chi connectivity index (χ4v) is 25.1. The molecule has 730 valence electrons. The summed E-state index contributed by atoms with van der Waals surface area (Å²) < 4.78 is 175. The Bertz CT molecular complexity index is 3490. The maximum absolute atomic E-state index is 12.7. The maximum atomic E-state index is 12.7. The van der Waals surface area contributed by atoms with Gasteiger partial charge in [-0.15, -0.1) is 0 Å². The van der Waals surface area contributed by atoms with Crippen LogP contribution < -0.4 is 0 Å². The number of carbonyl (C=O) groups is 10. The molecule has 0 aliphatic heterocycles. The number of hydrogen-bond donors (Lipinski definition) is 4. The summed E-state index contributed by atoms with van der Waals surface area (Å²) in [5, 5.41) is 42.1. The van der Waals surface area contributed by atoms with E-state index in [1.54, 1.807) is 0 Å². The molecule has 24 nitrogen and oxygen atoms in total. The molecule has 20 fully saturated rings. The van der Waals surface area contributed by atoms with Crippen molar-refractivity contribution in [2.75, 3.05) is 46.2 Å². The van der Waals surface area contributed by atoms with Gasteiger partial charge in [-0.3, -0.25) is 0 Å². The summed E-state index contributed by atoms with van der Waals surface area (Å²) in [5.41, 5.74) is -3.81. The second kappa shape index (κ2) is 42.4. The summed E-state index contributed by atoms with van der Waals surface area (Å²) in [6.45, 7) is 4.53. The molecule has 20 aliphatic rings. The Hall–Kier alpha value is -6.16. The van der Waals surface area contributed by atoms with Crippen LogP contribution in [-0.2, 0) is 95.3 Å². The quantitative estimate of drug-likeness (QED) is 0.0419. The number of alkyl halides is 10. The number of hydrogen-bond acceptors (Lipinski definition) is 24. The van der Waals surface area contributed by atoms with E-state index in [2.05, 4.69) is 30.6 Å². The van der Waals surface area contributed by atoms with Gasteiger partial charge in [0.05, 0.1) is 35.6 Å². The molecule has 34 heteroatoms. The van der Waals surface area contributed by atoms with E-state index in [-0.39, 0.29) is 133 Å². The van der Waals surface area contributed by atoms with E-state index < -0.39 is 156 Å². The average molecular weight is 1820 g/mol. The molecule has 0 saturated heterocycles. The number of halogens is 10. The zero-order valence-electron chi connectivity index (χ0n) is 66.6. The van der Waals surface area contributed by atoms with Crippen molar-refractivity contribution in [3.8, 4) is 0 Å². The molecular weight excluding hydrogens is 1670 g/mol. The highest BCUT2D eigenvalue weighted by atomic mass is 19.3. The van der Waals surface area contributed by atoms with Gasteiger partial charge in [0.15, 0.2) is 33.0 Å². The third-order valence-corrected chi connectivity index (χ3v) is 28.3. The lowest BCUT2D eigenvalue weighted by molar-refractivity contribution is -0.237. The largest absolute Gasteiger partial charge is 0.463 e. The number of carbonyl (C=O) groups excluding carboxylic acids is 10. The molecule has 0 aromatic rings. The van der Waals surface area contributed by atoms with Gasteiger partial charge in [-0.05, 0) is 246 Å². The lowest BCUT2D eigenvalue weighted by Crippen LogP contribution is -2.63. The van der Waals surface area contributed by atoms with E-state index in [0.717, 1.165) is 121 Å². The van der Waals surface area contributed by atoms with Gasteiger partial charge in [0.25, 0.3) is 0 Å². The van der Waals surface area contributed by atoms with Crippen molar-refractivity contribution in [2.45, 2.75) is 379 Å². The molecular formula is C91H152F10O24. The normalized spacial score (nSPS) is 36.6. The smallest absolute Gasteiger partial charge is 0.377 e. The van der Waals surface area contributed by atoms with Crippen LogP contribution in [0.25, 0.3) is 0 Å². The lowest BCUT2D eigenvalue weighted by atomic mass is 9.44. The molecule has 20 rings (SSSR count). The number of esters is 10. The van der Waals surface area contributed by atoms with Crippen molar-refractivity contribution in [3.63, 3.8) is 0 Å². The average Bonchev–Trinajstić information content (AvgIpc) is 0.737. The zero-order valence-corrected chi connectivity index (χ0v) is 66.6. The Kier molecular flexibility index (Phi) is 39.6. The van der Waals surface area contributed by atoms with E-state index in [9.17, 15) is 112 Å². The highest BCUT2D eigenvalue weighted by Gasteiger charge is 2.65. The fourth-order valence-electron chi connectivity index (χ4n) is 25.1. The van der Waals surface area contributed by atoms with Crippen LogP contribution in [0.2, 0.25) is 0 Å². The number of rotatable bonds is 23. The predicted octanol–water partition coefficient (Wildman–Crippen LogP) is 17.9. The van der Waals surface area contributed by atoms with Gasteiger partial charge in [-0.2, -0.15) is 43.9 Å². The van der Waals surface area contributed by atoms with Gasteiger partial charge in [0.2, 0.25) is 0 Å². The highest BCUT2D eigenvalue weighted by Crippen LogP contribution is 2.68. The molecule has 0 amide bonds. The minimum Gasteiger partial charge on any atom is -0.463 e. The minimum absolute atomic E-state index is 0. The second-order valence-electron chi connectivity index (χ2n) is 38.7. The van der Waals surface area contributed by atoms with Crippen molar-refractivity contribution >= 4 is 59.7 Å². The first-order chi connectivity index (χ1) is 52.9. The third kappa shape index (κ3) is 27.7. The summed E-state index contributed by atoms with van der Waals surface area (Å²) in [6.07, 6.45) is 24.7. The Labute approximate surface area is 734 Å². The van der Waals surface area contributed by atoms with E-state index in [1.807, 2.05) is 13.8 Å². The number of ether oxygens (including phenoxy) is 10. The van der Waals surface area contributed by atoms with E-state index in [0.29, 0.717) is 121 Å². The second-order valence-corrected chi connectivity index (χ2v) is 38.7. The van der Waals surface area contributed by atoms with Crippen LogP contribution >= 0.6 is 0 Å². The van der Waals surface area contributed by atoms with Crippen molar-refractivity contribution in [1.82, 2.24) is 0 Å². The molecule has 0 spiro atoms. The van der Waals surface area contributed by atoms with Crippen LogP contribution in [0.4, 0.5) is 43.9 Å². The molecule has 125 heavy (non-hydrogen) atoms. The first-order valence-electron chi connectivity index (χ1n) is 40.5. The lowest BCUT2D eigenvalue weighted by Gasteiger charge is -2.62. The van der Waals surface area contributed by atoms with Gasteiger partial charge in [-0.25, -0.2) is 47.9 Å². The Morgan fingerprint density at radius 2 is 0.544 bits per heavy atom. The molecule has 0 heterocycles. The monoisotopic (exact) mass is 1820 g/mol. The third-order valence-electron chi connectivity index (χ3n) is 28.3. The first kappa shape index (κ1) is 117. The van der Waals surface area contributed by atoms with Crippen molar-refractivity contribution in [1.29, 1.82) is 0 Å². The van der Waals surface area contributed by atoms with Crippen LogP contribution in [0.15, 0.2) is 0 Å². The summed E-state index contributed by atoms with van der Waals surface area (Å²) in [7, 11) is 0. The SMILES string of the molecule is C.C.C.C.C.C.C.C.C.C.CC(F)(F)C(=O)OCC(=O)OC1(C)C2CC3CC1CC(O)(C3)C2.CC(F)(F)C(=O)OCC(=O)OC1(C)C2CC3CC1CC(O)(C3)C2.CC(F)(F)C(=O)OCC(=O)OC1C2CC3CC1CC(O)(C3)C2.CC(F)(F)C(=O)OCC(=O)OCC12CC3CC(CC(O)(C3)C1)C2.CCC12CC3CC(C1)CC(COC(=O)COC(=O)C(C)(F)F)(C3)C2. The van der Waals surface area contributed by atoms with E-state index in [1.165, 1.54) is 25.7 Å². The molecule has 0 aromatic heterocycles. The predicted molar refractivity (Wildman–Crippen MR) is 443 cm³/mol. The van der Waals surface area contributed by atoms with Gasteiger partial charge in [0.1, 0.15) is 17.3 Å². The number of aliphatic hydroxyl groups is 4. The van der Waals surface area contributed by atoms with Crippen LogP contribution in [0, 0.1) is 93.2 Å². The van der Waals surface area contributed by atoms with Gasteiger partial charge in [-0.1, -0.05) is 87.6 Å². The molecule has 20 aliphatic carbocycles. The summed E-state index contributed by atoms with van der Waals surface area (Å²) >= 11 is 0. The van der Waals surface area contributed by atoms with Crippen LogP contribution in [0.1, 0.15) is 309 Å². The highest BCUT2D eigenvalue weighted by molar-refractivity contribution is 5.83. The molecule has 10 atom stereocenters. The fraction of sp³-hybridized carbons (Fsp3) is 0.890. The Morgan fingerprint density at radius 3 is 0.816 bits per heavy atom. The van der Waals surface area contributed by atoms with Gasteiger partial charge in [0, 0.05) is 69.1 Å². The molecule has 0 aromatic carbocycles. The topological polar surface area (TPSA) is 344 Å². The maximum Gasteiger partial charge on any atom is 0.377 e. The molecule has 0 radical (unpaired) electrons. The standard InChI is InChI=1S/C18H26F2O4.3C16H22F2O5.C15H20F2O5.10CH4/c1-3-17-5-12-4-13(6-17)8-18(7-12,10-17)11-24-14(21)9-23-15(22)16(2,19)20;1-14(17,18)13(20)22-7-12(19)23-9-15-3-10-2-11(4-15)6-16(21,5-10)8-15;2*1-14(23-12(19)8-22-13(20)15(2,17)18)10-3-9-4-11(14)7-16(21,5-9)6-10;1-14(16,17)13(19)21-7-11(18)22-12-9-2-8-3-10(12)6-15(20,4-8)5-9;;;;;;;;;;/h12-13H,3-11H2,1-2H3;10-11,21H,2-9H2,1H3;2*9-11,21H,3-8H2,1-2H3;8-10,12,20H,2-7H2,1H3;10*1H4. The van der Waals surface area contributed by atoms with Crippen LogP contribution in [0.5, 0.6) is 0 Å². The molecule has 10 unspecified atom stereocenters. The summed E-state index contributed by atoms with van der Waals surface area (Å²) in [4.78, 5) is 114. The summed E-state index contributed by atoms with van der Waals surface area (Å²) in [5.74, 6) is -26.5. The van der Waals surface area contributed by atoms with Crippen molar-refractivity contribution in [2.24, 2.45) is 93.2 Å². The Balaban J connectivity index is 0.000000766. The molecule has 20 bridgehead atoms. The minimum atomic E-state index is -3.63. The van der Waals surface area contributed by atoms with Gasteiger partial charge >= 0.3 is 89.3 Å². The van der Waals surface area contributed by atoms with Crippen LogP contribution in [-0.4, -0.2) is 196 Å². The van der Waals surface area contributed by atoms with Crippen molar-refractivity contribution < 1.29 is 160 Å². The zero-order chi connectivity index (χ0) is 84.7. The molecule has 4 N–H and O–H groups in total. The van der Waals surface area contributed by atoms with Crippen LogP contribution in [0.3, 0.4) is 0 Å².